The molecule has 0 saturated heterocycles. The summed E-state index contributed by atoms with van der Waals surface area (Å²) in [5.41, 5.74) is 11.8. The van der Waals surface area contributed by atoms with Gasteiger partial charge >= 0.3 is 5.97 Å². The summed E-state index contributed by atoms with van der Waals surface area (Å²) in [6.07, 6.45) is 3.99. The zero-order chi connectivity index (χ0) is 28.5. The Morgan fingerprint density at radius 1 is 0.900 bits per heavy atom. The van der Waals surface area contributed by atoms with Crippen LogP contribution in [0.3, 0.4) is 0 Å². The van der Waals surface area contributed by atoms with Gasteiger partial charge in [-0.05, 0) is 59.4 Å². The molecule has 4 aromatic rings. The number of hydrogen-bond acceptors (Lipinski definition) is 4. The van der Waals surface area contributed by atoms with E-state index < -0.39 is 17.9 Å². The van der Waals surface area contributed by atoms with Crippen molar-refractivity contribution in [2.45, 2.75) is 19.4 Å². The van der Waals surface area contributed by atoms with Gasteiger partial charge in [0, 0.05) is 11.1 Å². The molecule has 0 spiro atoms. The molecular weight excluding hydrogens is 498 g/mol. The van der Waals surface area contributed by atoms with Gasteiger partial charge in [-0.25, -0.2) is 0 Å². The van der Waals surface area contributed by atoms with E-state index in [1.807, 2.05) is 72.8 Å². The Kier molecular flexibility index (Phi) is 9.26. The number of rotatable bonds is 10. The summed E-state index contributed by atoms with van der Waals surface area (Å²) >= 11 is 0. The number of esters is 1. The highest BCUT2D eigenvalue weighted by atomic mass is 16.5. The Balaban J connectivity index is 1.63. The summed E-state index contributed by atoms with van der Waals surface area (Å²) in [7, 11) is 1.34. The largest absolute Gasteiger partial charge is 0.469 e. The lowest BCUT2D eigenvalue weighted by Crippen LogP contribution is -2.43. The normalized spacial score (nSPS) is 12.4. The standard InChI is InChI=1S/C34H33N3O3/c1-23-9-6-7-14-29(23)26-16-18-27(19-17-26)33(38)37-31(20-15-24-10-4-3-5-11-24)30(34(39)40-2)22-25-12-8-13-28(21-25)32(35)36/h3-21,30-31H,22H2,1-2H3,(H3,35,36)(H,37,38)/b20-15+/t30-,31-/m1/s1. The molecule has 0 unspecified atom stereocenters. The number of carbonyl (C=O) groups is 2. The van der Waals surface area contributed by atoms with E-state index in [9.17, 15) is 9.59 Å². The van der Waals surface area contributed by atoms with E-state index in [4.69, 9.17) is 15.9 Å². The number of aryl methyl sites for hydroxylation is 1. The second-order valence-corrected chi connectivity index (χ2v) is 9.61. The molecule has 0 saturated carbocycles. The van der Waals surface area contributed by atoms with Gasteiger partial charge in [-0.2, -0.15) is 0 Å². The van der Waals surface area contributed by atoms with E-state index in [0.717, 1.165) is 27.8 Å². The first-order chi connectivity index (χ1) is 19.4. The van der Waals surface area contributed by atoms with Gasteiger partial charge in [-0.15, -0.1) is 0 Å². The van der Waals surface area contributed by atoms with Gasteiger partial charge in [0.15, 0.2) is 0 Å². The van der Waals surface area contributed by atoms with Crippen LogP contribution >= 0.6 is 0 Å². The molecule has 40 heavy (non-hydrogen) atoms. The molecule has 6 heteroatoms. The van der Waals surface area contributed by atoms with Gasteiger partial charge < -0.3 is 15.8 Å². The number of carbonyl (C=O) groups excluding carboxylic acids is 2. The van der Waals surface area contributed by atoms with E-state index >= 15 is 0 Å². The molecule has 0 radical (unpaired) electrons. The predicted octanol–water partition coefficient (Wildman–Crippen LogP) is 5.79. The molecule has 0 aliphatic rings. The molecule has 0 aliphatic heterocycles. The molecule has 4 rings (SSSR count). The third-order valence-electron chi connectivity index (χ3n) is 6.83. The van der Waals surface area contributed by atoms with Gasteiger partial charge in [0.05, 0.1) is 19.1 Å². The van der Waals surface area contributed by atoms with Crippen molar-refractivity contribution in [2.75, 3.05) is 7.11 Å². The maximum atomic E-state index is 13.5. The molecule has 4 aromatic carbocycles. The number of nitrogens with one attached hydrogen (secondary N) is 2. The maximum Gasteiger partial charge on any atom is 0.311 e. The topological polar surface area (TPSA) is 105 Å². The number of nitrogens with two attached hydrogens (primary N) is 1. The van der Waals surface area contributed by atoms with Crippen LogP contribution in [-0.2, 0) is 16.0 Å². The first-order valence-electron chi connectivity index (χ1n) is 13.1. The first-order valence-corrected chi connectivity index (χ1v) is 13.1. The van der Waals surface area contributed by atoms with Crippen molar-refractivity contribution in [2.24, 2.45) is 11.7 Å². The number of hydrogen-bond donors (Lipinski definition) is 3. The second kappa shape index (κ2) is 13.2. The van der Waals surface area contributed by atoms with Crippen molar-refractivity contribution in [3.8, 4) is 11.1 Å². The smallest absolute Gasteiger partial charge is 0.311 e. The van der Waals surface area contributed by atoms with Gasteiger partial charge in [0.2, 0.25) is 0 Å². The van der Waals surface area contributed by atoms with Crippen molar-refractivity contribution in [3.63, 3.8) is 0 Å². The zero-order valence-corrected chi connectivity index (χ0v) is 22.6. The minimum absolute atomic E-state index is 0.0561. The van der Waals surface area contributed by atoms with E-state index in [1.54, 1.807) is 30.3 Å². The second-order valence-electron chi connectivity index (χ2n) is 9.61. The molecule has 6 nitrogen and oxygen atoms in total. The van der Waals surface area contributed by atoms with Crippen LogP contribution in [0.4, 0.5) is 0 Å². The van der Waals surface area contributed by atoms with Crippen molar-refractivity contribution in [1.29, 1.82) is 5.41 Å². The minimum Gasteiger partial charge on any atom is -0.469 e. The van der Waals surface area contributed by atoms with Crippen LogP contribution in [0.15, 0.2) is 109 Å². The number of amidine groups is 1. The Hall–Kier alpha value is -4.97. The summed E-state index contributed by atoms with van der Waals surface area (Å²) in [5, 5.41) is 10.8. The molecule has 0 aliphatic carbocycles. The van der Waals surface area contributed by atoms with Crippen LogP contribution in [-0.4, -0.2) is 30.9 Å². The lowest BCUT2D eigenvalue weighted by Gasteiger charge is -2.24. The zero-order valence-electron chi connectivity index (χ0n) is 22.6. The van der Waals surface area contributed by atoms with Crippen LogP contribution in [0.2, 0.25) is 0 Å². The summed E-state index contributed by atoms with van der Waals surface area (Å²) in [4.78, 5) is 26.5. The molecule has 2 atom stereocenters. The highest BCUT2D eigenvalue weighted by Gasteiger charge is 2.30. The lowest BCUT2D eigenvalue weighted by atomic mass is 9.90. The third-order valence-corrected chi connectivity index (χ3v) is 6.83. The maximum absolute atomic E-state index is 13.5. The molecule has 1 amide bonds. The van der Waals surface area contributed by atoms with Crippen LogP contribution in [0, 0.1) is 18.3 Å². The van der Waals surface area contributed by atoms with Crippen LogP contribution in [0.5, 0.6) is 0 Å². The average molecular weight is 532 g/mol. The van der Waals surface area contributed by atoms with E-state index in [-0.39, 0.29) is 18.2 Å². The summed E-state index contributed by atoms with van der Waals surface area (Å²) < 4.78 is 5.17. The molecule has 202 valence electrons. The number of ether oxygens (including phenoxy) is 1. The minimum atomic E-state index is -0.720. The summed E-state index contributed by atoms with van der Waals surface area (Å²) in [6, 6.07) is 31.7. The fourth-order valence-corrected chi connectivity index (χ4v) is 4.62. The first kappa shape index (κ1) is 28.0. The van der Waals surface area contributed by atoms with Crippen molar-refractivity contribution in [1.82, 2.24) is 5.32 Å². The SMILES string of the molecule is COC(=O)[C@H](Cc1cccc(C(=N)N)c1)[C@@H](/C=C/c1ccccc1)NC(=O)c1ccc(-c2ccccc2C)cc1. The van der Waals surface area contributed by atoms with E-state index in [2.05, 4.69) is 24.4 Å². The van der Waals surface area contributed by atoms with Crippen molar-refractivity contribution >= 4 is 23.8 Å². The predicted molar refractivity (Wildman–Crippen MR) is 160 cm³/mol. The van der Waals surface area contributed by atoms with Gasteiger partial charge in [0.25, 0.3) is 5.91 Å². The summed E-state index contributed by atoms with van der Waals surface area (Å²) in [6.45, 7) is 2.05. The third kappa shape index (κ3) is 7.11. The number of benzene rings is 4. The molecule has 0 aromatic heterocycles. The van der Waals surface area contributed by atoms with Crippen molar-refractivity contribution < 1.29 is 14.3 Å². The monoisotopic (exact) mass is 531 g/mol. The number of amides is 1. The lowest BCUT2D eigenvalue weighted by molar-refractivity contribution is -0.145. The Bertz CT molecular complexity index is 1510. The van der Waals surface area contributed by atoms with Gasteiger partial charge in [-0.1, -0.05) is 97.1 Å². The molecule has 0 fully saturated rings. The quantitative estimate of drug-likeness (QED) is 0.137. The van der Waals surface area contributed by atoms with Gasteiger partial charge in [0.1, 0.15) is 5.84 Å². The van der Waals surface area contributed by atoms with Crippen LogP contribution in [0.25, 0.3) is 17.2 Å². The van der Waals surface area contributed by atoms with E-state index in [0.29, 0.717) is 11.1 Å². The highest BCUT2D eigenvalue weighted by molar-refractivity contribution is 5.96. The summed E-state index contributed by atoms with van der Waals surface area (Å²) in [5.74, 6) is -1.53. The van der Waals surface area contributed by atoms with Crippen LogP contribution in [0.1, 0.15) is 32.6 Å². The van der Waals surface area contributed by atoms with Gasteiger partial charge in [-0.3, -0.25) is 15.0 Å². The van der Waals surface area contributed by atoms with E-state index in [1.165, 1.54) is 7.11 Å². The number of methoxy groups -OCH3 is 1. The molecule has 0 bridgehead atoms. The average Bonchev–Trinajstić information content (AvgIpc) is 2.98. The Morgan fingerprint density at radius 3 is 2.27 bits per heavy atom. The van der Waals surface area contributed by atoms with Crippen molar-refractivity contribution in [3.05, 3.63) is 137 Å². The Morgan fingerprint density at radius 2 is 1.60 bits per heavy atom. The molecule has 4 N–H and O–H groups in total. The fourth-order valence-electron chi connectivity index (χ4n) is 4.62. The number of nitrogen functional groups attached to an aromatic ring is 1. The highest BCUT2D eigenvalue weighted by Crippen LogP contribution is 2.24. The molecule has 0 heterocycles. The Labute approximate surface area is 235 Å². The fraction of sp³-hybridized carbons (Fsp3) is 0.147. The van der Waals surface area contributed by atoms with Crippen LogP contribution < -0.4 is 11.1 Å². The molecular formula is C34H33N3O3.